The van der Waals surface area contributed by atoms with E-state index in [1.807, 2.05) is 18.2 Å². The highest BCUT2D eigenvalue weighted by Crippen LogP contribution is 2.35. The maximum Gasteiger partial charge on any atom is 0.114 e. The molecule has 1 nitrogen and oxygen atoms in total. The third kappa shape index (κ3) is 5.26. The zero-order valence-corrected chi connectivity index (χ0v) is 13.3. The third-order valence-corrected chi connectivity index (χ3v) is 4.16. The molecule has 1 rings (SSSR count). The van der Waals surface area contributed by atoms with Crippen molar-refractivity contribution in [2.24, 2.45) is 5.92 Å². The number of hydrogen-bond donors (Lipinski definition) is 1. The highest BCUT2D eigenvalue weighted by molar-refractivity contribution is 5.48. The topological polar surface area (TPSA) is 20.2 Å². The van der Waals surface area contributed by atoms with Crippen LogP contribution < -0.4 is 0 Å². The van der Waals surface area contributed by atoms with Gasteiger partial charge in [0.25, 0.3) is 0 Å². The molecule has 0 aromatic heterocycles. The quantitative estimate of drug-likeness (QED) is 0.436. The third-order valence-electron chi connectivity index (χ3n) is 4.16. The van der Waals surface area contributed by atoms with Crippen LogP contribution in [0.3, 0.4) is 0 Å². The molecule has 1 fully saturated rings. The molecule has 0 bridgehead atoms. The van der Waals surface area contributed by atoms with Gasteiger partial charge in [-0.25, -0.2) is 0 Å². The zero-order valence-electron chi connectivity index (χ0n) is 13.3. The van der Waals surface area contributed by atoms with E-state index in [4.69, 9.17) is 0 Å². The first-order chi connectivity index (χ1) is 10.1. The standard InChI is InChI=1S/C20H28O/c1-5-16(4)20(15-11-14-18(21)6-2)19(7-3)17-12-9-8-10-13-17/h5-6,11,14-15,17,21H,1-2,4,7-10,12-13H2,3H3/b15-11+,18-14+,20-19-. The zero-order chi connectivity index (χ0) is 15.7. The summed E-state index contributed by atoms with van der Waals surface area (Å²) in [5.74, 6) is 0.836. The molecule has 0 heterocycles. The Morgan fingerprint density at radius 2 is 1.81 bits per heavy atom. The summed E-state index contributed by atoms with van der Waals surface area (Å²) in [4.78, 5) is 0. The van der Waals surface area contributed by atoms with Gasteiger partial charge in [-0.3, -0.25) is 0 Å². The Kier molecular flexibility index (Phi) is 7.60. The van der Waals surface area contributed by atoms with Crippen LogP contribution in [0.5, 0.6) is 0 Å². The summed E-state index contributed by atoms with van der Waals surface area (Å²) >= 11 is 0. The van der Waals surface area contributed by atoms with E-state index in [0.717, 1.165) is 12.0 Å². The Morgan fingerprint density at radius 3 is 2.33 bits per heavy atom. The van der Waals surface area contributed by atoms with Gasteiger partial charge in [-0.05, 0) is 48.5 Å². The van der Waals surface area contributed by atoms with E-state index < -0.39 is 0 Å². The summed E-state index contributed by atoms with van der Waals surface area (Å²) in [5, 5.41) is 9.44. The summed E-state index contributed by atoms with van der Waals surface area (Å²) in [7, 11) is 0. The molecule has 114 valence electrons. The highest BCUT2D eigenvalue weighted by atomic mass is 16.3. The van der Waals surface area contributed by atoms with Gasteiger partial charge >= 0.3 is 0 Å². The summed E-state index contributed by atoms with van der Waals surface area (Å²) in [6.07, 6.45) is 16.4. The molecule has 21 heavy (non-hydrogen) atoms. The van der Waals surface area contributed by atoms with Crippen LogP contribution in [0.15, 0.2) is 72.6 Å². The summed E-state index contributed by atoms with van der Waals surface area (Å²) < 4.78 is 0. The predicted molar refractivity (Wildman–Crippen MR) is 93.3 cm³/mol. The van der Waals surface area contributed by atoms with Crippen molar-refractivity contribution in [3.8, 4) is 0 Å². The molecule has 1 aliphatic rings. The Bertz CT molecular complexity index is 468. The predicted octanol–water partition coefficient (Wildman–Crippen LogP) is 6.20. The molecule has 0 saturated heterocycles. The summed E-state index contributed by atoms with van der Waals surface area (Å²) in [6, 6.07) is 0. The molecule has 1 N–H and O–H groups in total. The normalized spacial score (nSPS) is 18.4. The molecule has 1 saturated carbocycles. The maximum absolute atomic E-state index is 9.44. The van der Waals surface area contributed by atoms with Crippen LogP contribution in [0.25, 0.3) is 0 Å². The Morgan fingerprint density at radius 1 is 1.14 bits per heavy atom. The second-order valence-electron chi connectivity index (χ2n) is 5.51. The van der Waals surface area contributed by atoms with E-state index in [1.54, 1.807) is 6.08 Å². The first kappa shape index (κ1) is 17.3. The van der Waals surface area contributed by atoms with Crippen molar-refractivity contribution in [3.05, 3.63) is 72.6 Å². The largest absolute Gasteiger partial charge is 0.508 e. The Labute approximate surface area is 129 Å². The molecule has 1 heteroatoms. The van der Waals surface area contributed by atoms with Crippen molar-refractivity contribution in [3.63, 3.8) is 0 Å². The van der Waals surface area contributed by atoms with E-state index in [0.29, 0.717) is 5.92 Å². The number of allylic oxidation sites excluding steroid dienone is 8. The van der Waals surface area contributed by atoms with Crippen molar-refractivity contribution >= 4 is 0 Å². The smallest absolute Gasteiger partial charge is 0.114 e. The van der Waals surface area contributed by atoms with Crippen molar-refractivity contribution in [1.29, 1.82) is 0 Å². The van der Waals surface area contributed by atoms with Gasteiger partial charge < -0.3 is 5.11 Å². The maximum atomic E-state index is 9.44. The fourth-order valence-corrected chi connectivity index (χ4v) is 2.99. The van der Waals surface area contributed by atoms with Crippen molar-refractivity contribution < 1.29 is 5.11 Å². The molecule has 0 atom stereocenters. The number of rotatable bonds is 7. The van der Waals surface area contributed by atoms with Crippen molar-refractivity contribution in [2.75, 3.05) is 0 Å². The highest BCUT2D eigenvalue weighted by Gasteiger charge is 2.19. The number of aliphatic hydroxyl groups excluding tert-OH is 1. The monoisotopic (exact) mass is 284 g/mol. The lowest BCUT2D eigenvalue weighted by atomic mass is 9.79. The van der Waals surface area contributed by atoms with Gasteiger partial charge in [-0.2, -0.15) is 0 Å². The van der Waals surface area contributed by atoms with Gasteiger partial charge in [0.2, 0.25) is 0 Å². The lowest BCUT2D eigenvalue weighted by Crippen LogP contribution is -2.11. The Hall–Kier alpha value is -1.76. The molecule has 0 aliphatic heterocycles. The van der Waals surface area contributed by atoms with E-state index in [1.165, 1.54) is 49.3 Å². The van der Waals surface area contributed by atoms with Crippen LogP contribution in [0.2, 0.25) is 0 Å². The van der Waals surface area contributed by atoms with Gasteiger partial charge in [0.05, 0.1) is 0 Å². The molecule has 0 aromatic carbocycles. The van der Waals surface area contributed by atoms with Crippen LogP contribution in [0.1, 0.15) is 45.4 Å². The van der Waals surface area contributed by atoms with Gasteiger partial charge in [-0.1, -0.05) is 69.7 Å². The molecule has 0 aromatic rings. The van der Waals surface area contributed by atoms with Gasteiger partial charge in [0.15, 0.2) is 0 Å². The fourth-order valence-electron chi connectivity index (χ4n) is 2.99. The number of hydrogen-bond acceptors (Lipinski definition) is 1. The van der Waals surface area contributed by atoms with E-state index >= 15 is 0 Å². The van der Waals surface area contributed by atoms with Gasteiger partial charge in [0.1, 0.15) is 5.76 Å². The molecular weight excluding hydrogens is 256 g/mol. The minimum Gasteiger partial charge on any atom is -0.508 e. The second kappa shape index (κ2) is 9.23. The molecule has 0 amide bonds. The first-order valence-electron chi connectivity index (χ1n) is 7.88. The van der Waals surface area contributed by atoms with Crippen LogP contribution in [0.4, 0.5) is 0 Å². The van der Waals surface area contributed by atoms with Crippen LogP contribution in [0, 0.1) is 5.92 Å². The summed E-state index contributed by atoms with van der Waals surface area (Å²) in [6.45, 7) is 13.7. The van der Waals surface area contributed by atoms with Crippen molar-refractivity contribution in [2.45, 2.75) is 45.4 Å². The lowest BCUT2D eigenvalue weighted by molar-refractivity contribution is 0.395. The van der Waals surface area contributed by atoms with Gasteiger partial charge in [-0.15, -0.1) is 0 Å². The molecule has 0 spiro atoms. The molecular formula is C20H28O. The minimum atomic E-state index is 0.172. The SMILES string of the molecule is C=CC(=C)C(/C=C/C=C(/O)C=C)=C(/CC)C1CCCCC1. The average Bonchev–Trinajstić information content (AvgIpc) is 2.54. The van der Waals surface area contributed by atoms with E-state index in [9.17, 15) is 5.11 Å². The second-order valence-corrected chi connectivity index (χ2v) is 5.51. The minimum absolute atomic E-state index is 0.172. The van der Waals surface area contributed by atoms with Gasteiger partial charge in [0, 0.05) is 0 Å². The molecule has 0 radical (unpaired) electrons. The molecule has 0 unspecified atom stereocenters. The Balaban J connectivity index is 3.12. The number of aliphatic hydroxyl groups is 1. The van der Waals surface area contributed by atoms with Crippen LogP contribution >= 0.6 is 0 Å². The fraction of sp³-hybridized carbons (Fsp3) is 0.400. The first-order valence-corrected chi connectivity index (χ1v) is 7.88. The average molecular weight is 284 g/mol. The van der Waals surface area contributed by atoms with Crippen molar-refractivity contribution in [1.82, 2.24) is 0 Å². The molecule has 1 aliphatic carbocycles. The van der Waals surface area contributed by atoms with Crippen LogP contribution in [-0.4, -0.2) is 5.11 Å². The summed E-state index contributed by atoms with van der Waals surface area (Å²) in [5.41, 5.74) is 3.61. The van der Waals surface area contributed by atoms with E-state index in [-0.39, 0.29) is 5.76 Å². The van der Waals surface area contributed by atoms with E-state index in [2.05, 4.69) is 26.7 Å². The van der Waals surface area contributed by atoms with Crippen LogP contribution in [-0.2, 0) is 0 Å². The lowest BCUT2D eigenvalue weighted by Gasteiger charge is -2.26.